The highest BCUT2D eigenvalue weighted by molar-refractivity contribution is 5.49. The SMILES string of the molecule is CCN(CC)c1ccc(CNc2nccc(C)n2)cc1F. The van der Waals surface area contributed by atoms with Gasteiger partial charge in [-0.2, -0.15) is 0 Å². The summed E-state index contributed by atoms with van der Waals surface area (Å²) in [6.45, 7) is 8.04. The maximum Gasteiger partial charge on any atom is 0.223 e. The first-order valence-corrected chi connectivity index (χ1v) is 7.21. The van der Waals surface area contributed by atoms with Crippen LogP contribution in [0.3, 0.4) is 0 Å². The van der Waals surface area contributed by atoms with Gasteiger partial charge in [-0.25, -0.2) is 14.4 Å². The molecule has 0 amide bonds. The minimum atomic E-state index is -0.192. The highest BCUT2D eigenvalue weighted by Gasteiger charge is 2.09. The monoisotopic (exact) mass is 288 g/mol. The van der Waals surface area contributed by atoms with Crippen molar-refractivity contribution < 1.29 is 4.39 Å². The topological polar surface area (TPSA) is 41.0 Å². The van der Waals surface area contributed by atoms with Gasteiger partial charge in [0.05, 0.1) is 5.69 Å². The first-order chi connectivity index (χ1) is 10.1. The number of halogens is 1. The second-order valence-electron chi connectivity index (χ2n) is 4.83. The zero-order chi connectivity index (χ0) is 15.2. The van der Waals surface area contributed by atoms with E-state index in [2.05, 4.69) is 15.3 Å². The van der Waals surface area contributed by atoms with Crippen molar-refractivity contribution in [3.63, 3.8) is 0 Å². The van der Waals surface area contributed by atoms with E-state index >= 15 is 0 Å². The van der Waals surface area contributed by atoms with Crippen LogP contribution in [0.15, 0.2) is 30.5 Å². The summed E-state index contributed by atoms with van der Waals surface area (Å²) < 4.78 is 14.2. The molecule has 21 heavy (non-hydrogen) atoms. The molecule has 0 bridgehead atoms. The van der Waals surface area contributed by atoms with Crippen LogP contribution in [0.1, 0.15) is 25.1 Å². The fourth-order valence-electron chi connectivity index (χ4n) is 2.20. The molecule has 2 aromatic rings. The minimum absolute atomic E-state index is 0.192. The summed E-state index contributed by atoms with van der Waals surface area (Å²) in [5.74, 6) is 0.367. The van der Waals surface area contributed by atoms with Crippen LogP contribution in [-0.2, 0) is 6.54 Å². The average Bonchev–Trinajstić information content (AvgIpc) is 2.48. The Hall–Kier alpha value is -2.17. The molecule has 5 heteroatoms. The lowest BCUT2D eigenvalue weighted by Crippen LogP contribution is -2.23. The Kier molecular flexibility index (Phi) is 5.09. The molecule has 1 heterocycles. The molecule has 0 fully saturated rings. The molecule has 2 rings (SSSR count). The largest absolute Gasteiger partial charge is 0.370 e. The highest BCUT2D eigenvalue weighted by atomic mass is 19.1. The fourth-order valence-corrected chi connectivity index (χ4v) is 2.20. The maximum absolute atomic E-state index is 14.2. The third-order valence-corrected chi connectivity index (χ3v) is 3.36. The van der Waals surface area contributed by atoms with E-state index in [1.165, 1.54) is 0 Å². The molecule has 0 aliphatic heterocycles. The summed E-state index contributed by atoms with van der Waals surface area (Å²) in [5, 5.41) is 3.10. The quantitative estimate of drug-likeness (QED) is 0.884. The molecule has 1 N–H and O–H groups in total. The molecule has 0 aliphatic carbocycles. The molecular weight excluding hydrogens is 267 g/mol. The standard InChI is InChI=1S/C16H21FN4/c1-4-21(5-2)15-7-6-13(10-14(15)17)11-19-16-18-9-8-12(3)20-16/h6-10H,4-5,11H2,1-3H3,(H,18,19,20). The molecule has 4 nitrogen and oxygen atoms in total. The van der Waals surface area contributed by atoms with Crippen molar-refractivity contribution in [2.24, 2.45) is 0 Å². The van der Waals surface area contributed by atoms with Gasteiger partial charge in [-0.05, 0) is 44.5 Å². The predicted octanol–water partition coefficient (Wildman–Crippen LogP) is 3.38. The van der Waals surface area contributed by atoms with Crippen LogP contribution in [0.2, 0.25) is 0 Å². The van der Waals surface area contributed by atoms with Gasteiger partial charge in [-0.1, -0.05) is 6.07 Å². The van der Waals surface area contributed by atoms with E-state index in [0.29, 0.717) is 18.2 Å². The van der Waals surface area contributed by atoms with Crippen LogP contribution in [0, 0.1) is 12.7 Å². The van der Waals surface area contributed by atoms with Crippen LogP contribution in [-0.4, -0.2) is 23.1 Å². The number of benzene rings is 1. The van der Waals surface area contributed by atoms with E-state index in [0.717, 1.165) is 24.3 Å². The van der Waals surface area contributed by atoms with Crippen molar-refractivity contribution >= 4 is 11.6 Å². The van der Waals surface area contributed by atoms with Crippen LogP contribution in [0.5, 0.6) is 0 Å². The zero-order valence-electron chi connectivity index (χ0n) is 12.7. The highest BCUT2D eigenvalue weighted by Crippen LogP contribution is 2.20. The first kappa shape index (κ1) is 15.2. The van der Waals surface area contributed by atoms with Crippen molar-refractivity contribution in [3.05, 3.63) is 47.5 Å². The van der Waals surface area contributed by atoms with E-state index in [-0.39, 0.29) is 5.82 Å². The van der Waals surface area contributed by atoms with Crippen molar-refractivity contribution in [1.29, 1.82) is 0 Å². The Balaban J connectivity index is 2.06. The first-order valence-electron chi connectivity index (χ1n) is 7.21. The Morgan fingerprint density at radius 1 is 1.19 bits per heavy atom. The van der Waals surface area contributed by atoms with Crippen LogP contribution in [0.4, 0.5) is 16.0 Å². The molecule has 1 aromatic heterocycles. The summed E-state index contributed by atoms with van der Waals surface area (Å²) in [7, 11) is 0. The smallest absolute Gasteiger partial charge is 0.223 e. The Morgan fingerprint density at radius 3 is 2.57 bits per heavy atom. The van der Waals surface area contributed by atoms with Crippen LogP contribution < -0.4 is 10.2 Å². The molecule has 1 aromatic carbocycles. The third-order valence-electron chi connectivity index (χ3n) is 3.36. The number of nitrogens with one attached hydrogen (secondary N) is 1. The number of aryl methyl sites for hydroxylation is 1. The lowest BCUT2D eigenvalue weighted by atomic mass is 10.2. The number of aromatic nitrogens is 2. The van der Waals surface area contributed by atoms with Gasteiger partial charge in [0, 0.05) is 31.5 Å². The van der Waals surface area contributed by atoms with E-state index in [9.17, 15) is 4.39 Å². The minimum Gasteiger partial charge on any atom is -0.370 e. The predicted molar refractivity (Wildman–Crippen MR) is 84.1 cm³/mol. The Morgan fingerprint density at radius 2 is 1.95 bits per heavy atom. The normalized spacial score (nSPS) is 10.5. The van der Waals surface area contributed by atoms with Gasteiger partial charge in [0.2, 0.25) is 5.95 Å². The molecule has 0 unspecified atom stereocenters. The molecule has 0 spiro atoms. The van der Waals surface area contributed by atoms with Gasteiger partial charge in [0.15, 0.2) is 0 Å². The third kappa shape index (κ3) is 3.90. The molecule has 0 radical (unpaired) electrons. The second kappa shape index (κ2) is 7.02. The second-order valence-corrected chi connectivity index (χ2v) is 4.83. The maximum atomic E-state index is 14.2. The average molecular weight is 288 g/mol. The number of nitrogens with zero attached hydrogens (tertiary/aromatic N) is 3. The number of hydrogen-bond donors (Lipinski definition) is 1. The number of rotatable bonds is 6. The van der Waals surface area contributed by atoms with Crippen molar-refractivity contribution in [3.8, 4) is 0 Å². The lowest BCUT2D eigenvalue weighted by Gasteiger charge is -2.21. The molecule has 112 valence electrons. The van der Waals surface area contributed by atoms with Gasteiger partial charge in [-0.15, -0.1) is 0 Å². The summed E-state index contributed by atoms with van der Waals surface area (Å²) in [6, 6.07) is 7.16. The van der Waals surface area contributed by atoms with Crippen LogP contribution in [0.25, 0.3) is 0 Å². The van der Waals surface area contributed by atoms with E-state index in [1.807, 2.05) is 43.9 Å². The van der Waals surface area contributed by atoms with Gasteiger partial charge in [0.25, 0.3) is 0 Å². The van der Waals surface area contributed by atoms with Gasteiger partial charge in [-0.3, -0.25) is 0 Å². The fraction of sp³-hybridized carbons (Fsp3) is 0.375. The van der Waals surface area contributed by atoms with E-state index < -0.39 is 0 Å². The summed E-state index contributed by atoms with van der Waals surface area (Å²) in [4.78, 5) is 10.4. The lowest BCUT2D eigenvalue weighted by molar-refractivity contribution is 0.618. The molecular formula is C16H21FN4. The summed E-state index contributed by atoms with van der Waals surface area (Å²) in [6.07, 6.45) is 1.70. The van der Waals surface area contributed by atoms with Crippen molar-refractivity contribution in [2.75, 3.05) is 23.3 Å². The van der Waals surface area contributed by atoms with Crippen molar-refractivity contribution in [1.82, 2.24) is 9.97 Å². The number of anilines is 2. The molecule has 0 saturated carbocycles. The number of hydrogen-bond acceptors (Lipinski definition) is 4. The molecule has 0 atom stereocenters. The van der Waals surface area contributed by atoms with E-state index in [1.54, 1.807) is 12.3 Å². The summed E-state index contributed by atoms with van der Waals surface area (Å²) in [5.41, 5.74) is 2.42. The van der Waals surface area contributed by atoms with Gasteiger partial charge < -0.3 is 10.2 Å². The van der Waals surface area contributed by atoms with E-state index in [4.69, 9.17) is 0 Å². The molecule has 0 saturated heterocycles. The molecule has 0 aliphatic rings. The van der Waals surface area contributed by atoms with Crippen LogP contribution >= 0.6 is 0 Å². The van der Waals surface area contributed by atoms with Crippen molar-refractivity contribution in [2.45, 2.75) is 27.3 Å². The Bertz CT molecular complexity index is 597. The Labute approximate surface area is 125 Å². The zero-order valence-corrected chi connectivity index (χ0v) is 12.7. The summed E-state index contributed by atoms with van der Waals surface area (Å²) >= 11 is 0. The van der Waals surface area contributed by atoms with Gasteiger partial charge >= 0.3 is 0 Å². The van der Waals surface area contributed by atoms with Gasteiger partial charge in [0.1, 0.15) is 5.82 Å².